The molecule has 1 atom stereocenters. The Morgan fingerprint density at radius 2 is 1.05 bits per heavy atom. The van der Waals surface area contributed by atoms with Crippen LogP contribution in [0.3, 0.4) is 0 Å². The molecule has 0 aliphatic rings. The molecule has 0 radical (unpaired) electrons. The molecule has 1 aromatic rings. The highest BCUT2D eigenvalue weighted by atomic mass is 16.5. The number of hydrogen-bond acceptors (Lipinski definition) is 4. The highest BCUT2D eigenvalue weighted by Crippen LogP contribution is 2.13. The summed E-state index contributed by atoms with van der Waals surface area (Å²) in [5.41, 5.74) is 8.30. The number of rotatable bonds is 20. The fourth-order valence-corrected chi connectivity index (χ4v) is 4.00. The lowest BCUT2D eigenvalue weighted by molar-refractivity contribution is 0.0212. The summed E-state index contributed by atoms with van der Waals surface area (Å²) < 4.78 is 11.0. The van der Waals surface area contributed by atoms with E-state index in [0.717, 1.165) is 57.1 Å². The molecule has 1 aromatic carbocycles. The van der Waals surface area contributed by atoms with Crippen LogP contribution in [-0.2, 0) is 4.74 Å². The van der Waals surface area contributed by atoms with Crippen LogP contribution in [0.15, 0.2) is 100 Å². The maximum atomic E-state index is 9.90. The first-order valence-electron chi connectivity index (χ1n) is 16.0. The van der Waals surface area contributed by atoms with Crippen molar-refractivity contribution in [3.63, 3.8) is 0 Å². The third-order valence-corrected chi connectivity index (χ3v) is 6.73. The van der Waals surface area contributed by atoms with Crippen molar-refractivity contribution < 1.29 is 19.7 Å². The standard InChI is InChI=1S/C24H36O3.C15H26O/c1-20(2)10-8-11-21(3)12-9-13-22(4)16-17-26-18-23(25)19-27-24-14-6-5-7-15-24;1-13(2)7-5-8-14(3)9-6-10-15(4)11-12-16/h5-7,10,12,14-16,23,25H,8-9,11,13,17-19H2,1-4H3;7,9,11,16H,5-6,8,10,12H2,1-4H3/b21-12+,22-16+;14-9+,15-11+. The first-order valence-corrected chi connectivity index (χ1v) is 16.0. The van der Waals surface area contributed by atoms with Gasteiger partial charge in [0, 0.05) is 0 Å². The van der Waals surface area contributed by atoms with Crippen molar-refractivity contribution in [3.8, 4) is 5.75 Å². The van der Waals surface area contributed by atoms with Gasteiger partial charge in [-0.1, -0.05) is 88.1 Å². The minimum Gasteiger partial charge on any atom is -0.491 e. The van der Waals surface area contributed by atoms with Crippen molar-refractivity contribution in [2.75, 3.05) is 26.4 Å². The van der Waals surface area contributed by atoms with Crippen LogP contribution in [0.25, 0.3) is 0 Å². The minimum atomic E-state index is -0.620. The summed E-state index contributed by atoms with van der Waals surface area (Å²) in [7, 11) is 0. The second-order valence-corrected chi connectivity index (χ2v) is 11.9. The van der Waals surface area contributed by atoms with Crippen molar-refractivity contribution in [1.82, 2.24) is 0 Å². The maximum Gasteiger partial charge on any atom is 0.119 e. The Labute approximate surface area is 264 Å². The molecule has 0 saturated carbocycles. The van der Waals surface area contributed by atoms with Crippen molar-refractivity contribution in [2.45, 2.75) is 113 Å². The van der Waals surface area contributed by atoms with Gasteiger partial charge in [0.2, 0.25) is 0 Å². The number of allylic oxidation sites excluding steroid dienone is 10. The van der Waals surface area contributed by atoms with E-state index in [2.05, 4.69) is 85.8 Å². The number of benzene rings is 1. The molecule has 0 aliphatic heterocycles. The van der Waals surface area contributed by atoms with Gasteiger partial charge in [-0.05, 0) is 119 Å². The average molecular weight is 595 g/mol. The fraction of sp³-hybridized carbons (Fsp3) is 0.538. The summed E-state index contributed by atoms with van der Waals surface area (Å²) in [5.74, 6) is 0.761. The first kappa shape index (κ1) is 40.3. The van der Waals surface area contributed by atoms with E-state index in [1.165, 1.54) is 33.4 Å². The van der Waals surface area contributed by atoms with Gasteiger partial charge in [0.1, 0.15) is 18.5 Å². The number of hydrogen-bond donors (Lipinski definition) is 2. The van der Waals surface area contributed by atoms with Gasteiger partial charge in [0.15, 0.2) is 0 Å². The molecule has 0 bridgehead atoms. The number of aliphatic hydroxyl groups is 2. The van der Waals surface area contributed by atoms with Crippen molar-refractivity contribution in [2.24, 2.45) is 0 Å². The lowest BCUT2D eigenvalue weighted by Gasteiger charge is -2.12. The third kappa shape index (κ3) is 27.9. The van der Waals surface area contributed by atoms with Crippen molar-refractivity contribution in [1.29, 1.82) is 0 Å². The Balaban J connectivity index is 0.000000942. The average Bonchev–Trinajstić information content (AvgIpc) is 2.95. The Morgan fingerprint density at radius 3 is 1.51 bits per heavy atom. The van der Waals surface area contributed by atoms with Gasteiger partial charge < -0.3 is 19.7 Å². The van der Waals surface area contributed by atoms with Crippen LogP contribution >= 0.6 is 0 Å². The maximum absolute atomic E-state index is 9.90. The van der Waals surface area contributed by atoms with Crippen molar-refractivity contribution >= 4 is 0 Å². The lowest BCUT2D eigenvalue weighted by atomic mass is 10.1. The molecular weight excluding hydrogens is 532 g/mol. The number of para-hydroxylation sites is 1. The molecule has 0 amide bonds. The Hall–Kier alpha value is -2.66. The van der Waals surface area contributed by atoms with Gasteiger partial charge in [-0.2, -0.15) is 0 Å². The van der Waals surface area contributed by atoms with Gasteiger partial charge in [0.05, 0.1) is 19.8 Å². The smallest absolute Gasteiger partial charge is 0.119 e. The van der Waals surface area contributed by atoms with Crippen LogP contribution in [0.1, 0.15) is 107 Å². The largest absolute Gasteiger partial charge is 0.491 e. The van der Waals surface area contributed by atoms with E-state index >= 15 is 0 Å². The molecule has 2 N–H and O–H groups in total. The highest BCUT2D eigenvalue weighted by Gasteiger charge is 2.05. The van der Waals surface area contributed by atoms with Gasteiger partial charge >= 0.3 is 0 Å². The second kappa shape index (κ2) is 26.9. The number of ether oxygens (including phenoxy) is 2. The molecule has 4 heteroatoms. The molecule has 1 rings (SSSR count). The van der Waals surface area contributed by atoms with Crippen molar-refractivity contribution in [3.05, 3.63) is 100 Å². The summed E-state index contributed by atoms with van der Waals surface area (Å²) in [6.45, 7) is 18.4. The van der Waals surface area contributed by atoms with Crippen LogP contribution in [0.4, 0.5) is 0 Å². The molecule has 0 aromatic heterocycles. The van der Waals surface area contributed by atoms with Crippen LogP contribution in [0.2, 0.25) is 0 Å². The van der Waals surface area contributed by atoms with Crippen LogP contribution in [0, 0.1) is 0 Å². The SMILES string of the molecule is CC(C)=CCC/C(C)=C/CC/C(C)=C/CO.CC(C)=CCC/C(C)=C/CC/C(C)=C/COCC(O)COc1ccccc1. The van der Waals surface area contributed by atoms with Gasteiger partial charge in [-0.3, -0.25) is 0 Å². The predicted molar refractivity (Wildman–Crippen MR) is 187 cm³/mol. The molecular formula is C39H62O4. The molecule has 0 spiro atoms. The molecule has 0 fully saturated rings. The lowest BCUT2D eigenvalue weighted by Crippen LogP contribution is -2.23. The van der Waals surface area contributed by atoms with E-state index in [-0.39, 0.29) is 19.8 Å². The molecule has 43 heavy (non-hydrogen) atoms. The van der Waals surface area contributed by atoms with E-state index in [4.69, 9.17) is 14.6 Å². The highest BCUT2D eigenvalue weighted by molar-refractivity contribution is 5.20. The Bertz CT molecular complexity index is 1020. The van der Waals surface area contributed by atoms with Gasteiger partial charge in [0.25, 0.3) is 0 Å². The van der Waals surface area contributed by atoms with Gasteiger partial charge in [-0.15, -0.1) is 0 Å². The minimum absolute atomic E-state index is 0.162. The summed E-state index contributed by atoms with van der Waals surface area (Å²) in [4.78, 5) is 0. The topological polar surface area (TPSA) is 58.9 Å². The van der Waals surface area contributed by atoms with E-state index < -0.39 is 6.10 Å². The van der Waals surface area contributed by atoms with Gasteiger partial charge in [-0.25, -0.2) is 0 Å². The van der Waals surface area contributed by atoms with E-state index in [1.54, 1.807) is 0 Å². The van der Waals surface area contributed by atoms with Crippen LogP contribution < -0.4 is 4.74 Å². The molecule has 0 aliphatic carbocycles. The summed E-state index contributed by atoms with van der Waals surface area (Å²) in [5, 5.41) is 18.6. The first-order chi connectivity index (χ1) is 20.5. The van der Waals surface area contributed by atoms with E-state index in [0.29, 0.717) is 6.61 Å². The zero-order chi connectivity index (χ0) is 32.3. The Kier molecular flexibility index (Phi) is 25.3. The molecule has 0 heterocycles. The second-order valence-electron chi connectivity index (χ2n) is 11.9. The molecule has 4 nitrogen and oxygen atoms in total. The van der Waals surface area contributed by atoms with Crippen LogP contribution in [0.5, 0.6) is 5.75 Å². The predicted octanol–water partition coefficient (Wildman–Crippen LogP) is 10.3. The third-order valence-electron chi connectivity index (χ3n) is 6.73. The fourth-order valence-electron chi connectivity index (χ4n) is 4.00. The van der Waals surface area contributed by atoms with Crippen LogP contribution in [-0.4, -0.2) is 42.7 Å². The quantitative estimate of drug-likeness (QED) is 0.116. The zero-order valence-corrected chi connectivity index (χ0v) is 28.6. The summed E-state index contributed by atoms with van der Waals surface area (Å²) in [6, 6.07) is 9.49. The van der Waals surface area contributed by atoms with E-state index in [9.17, 15) is 5.11 Å². The van der Waals surface area contributed by atoms with E-state index in [1.807, 2.05) is 36.4 Å². The Morgan fingerprint density at radius 1 is 0.605 bits per heavy atom. The number of aliphatic hydroxyl groups excluding tert-OH is 2. The summed E-state index contributed by atoms with van der Waals surface area (Å²) >= 11 is 0. The zero-order valence-electron chi connectivity index (χ0n) is 28.6. The normalized spacial score (nSPS) is 13.2. The molecule has 1 unspecified atom stereocenters. The monoisotopic (exact) mass is 594 g/mol. The molecule has 242 valence electrons. The summed E-state index contributed by atoms with van der Waals surface area (Å²) in [6.07, 6.45) is 21.4. The molecule has 0 saturated heterocycles.